The highest BCUT2D eigenvalue weighted by molar-refractivity contribution is 8.09. The first kappa shape index (κ1) is 45.4. The van der Waals surface area contributed by atoms with E-state index in [2.05, 4.69) is 132 Å². The summed E-state index contributed by atoms with van der Waals surface area (Å²) in [7, 11) is -1.45. The fraction of sp³-hybridized carbons (Fsp3) is 0.535. The van der Waals surface area contributed by atoms with Gasteiger partial charge in [0.1, 0.15) is 13.2 Å². The molecule has 2 heterocycles. The van der Waals surface area contributed by atoms with Gasteiger partial charge in [0.05, 0.1) is 43.2 Å². The van der Waals surface area contributed by atoms with E-state index in [1.165, 1.54) is 0 Å². The van der Waals surface area contributed by atoms with Crippen LogP contribution < -0.4 is 10.4 Å². The highest BCUT2D eigenvalue weighted by atomic mass is 32.5. The Morgan fingerprint density at radius 3 is 1.70 bits per heavy atom. The third-order valence-corrected chi connectivity index (χ3v) is 14.8. The van der Waals surface area contributed by atoms with Crippen LogP contribution in [0.25, 0.3) is 9.69 Å². The molecule has 14 heteroatoms. The molecule has 57 heavy (non-hydrogen) atoms. The Bertz CT molecular complexity index is 1680. The van der Waals surface area contributed by atoms with Crippen molar-refractivity contribution in [3.8, 4) is 0 Å². The zero-order valence-corrected chi connectivity index (χ0v) is 36.6. The number of ether oxygens (including phenoxy) is 2. The van der Waals surface area contributed by atoms with Gasteiger partial charge in [0.2, 0.25) is 13.1 Å². The van der Waals surface area contributed by atoms with Crippen molar-refractivity contribution in [2.75, 3.05) is 39.5 Å². The molecule has 2 aliphatic heterocycles. The predicted molar refractivity (Wildman–Crippen MR) is 231 cm³/mol. The van der Waals surface area contributed by atoms with Gasteiger partial charge in [-0.05, 0) is 82.9 Å². The molecule has 11 nitrogen and oxygen atoms in total. The minimum absolute atomic E-state index is 0.0290. The second-order valence-corrected chi connectivity index (χ2v) is 19.8. The van der Waals surface area contributed by atoms with Gasteiger partial charge < -0.3 is 37.3 Å². The minimum Gasteiger partial charge on any atom is -0.371 e. The summed E-state index contributed by atoms with van der Waals surface area (Å²) in [6, 6.07) is 31.6. The van der Waals surface area contributed by atoms with Crippen molar-refractivity contribution in [2.24, 2.45) is 0 Å². The monoisotopic (exact) mass is 835 g/mol. The van der Waals surface area contributed by atoms with Gasteiger partial charge in [-0.2, -0.15) is 0 Å². The lowest BCUT2D eigenvalue weighted by Gasteiger charge is -2.40. The Morgan fingerprint density at radius 1 is 0.737 bits per heavy atom. The van der Waals surface area contributed by atoms with E-state index in [-0.39, 0.29) is 81.5 Å². The van der Waals surface area contributed by atoms with Gasteiger partial charge in [0.25, 0.3) is 15.2 Å². The third kappa shape index (κ3) is 12.2. The zero-order chi connectivity index (χ0) is 40.8. The maximum absolute atomic E-state index is 7.39. The Balaban J connectivity index is 1.37. The molecule has 0 saturated carbocycles. The smallest absolute Gasteiger partial charge is 0.261 e. The summed E-state index contributed by atoms with van der Waals surface area (Å²) in [5, 5.41) is 7.68. The second kappa shape index (κ2) is 22.1. The SMILES string of the molecule is [C-]#[N+]CCOP(OC[C@H]1O[C@@H](C)C[C@@H]1NP(=S)(OCC[N+]#[C-])OC[C@H]1O[C@@H](C)C[C@@H]1NC(c1ccccc1)(c1ccccc1)c1ccccc1)N(C(C)C)C(C)C. The largest absolute Gasteiger partial charge is 0.371 e. The highest BCUT2D eigenvalue weighted by Gasteiger charge is 2.45. The van der Waals surface area contributed by atoms with Crippen LogP contribution >= 0.6 is 15.2 Å². The quantitative estimate of drug-likeness (QED) is 0.0444. The van der Waals surface area contributed by atoms with Crippen molar-refractivity contribution >= 4 is 27.0 Å². The number of nitrogens with one attached hydrogen (secondary N) is 2. The standard InChI is InChI=1S/C43H59N5O6P2S/c1-32(2)48(33(3)4)55(49-26-24-44-7)50-30-41-40(29-35(6)53-41)47-56(57,51-27-25-45-8)52-31-42-39(28-34(5)54-42)46-43(36-18-12-9-13-19-36,37-20-14-10-15-21-37)38-22-16-11-17-23-38/h9-23,32-35,39-42,46H,24-31H2,1-6H3,(H,47,57)/t34-,35-,39-,40-,41+,42+,55?,56?/m0/s1. The molecule has 3 aromatic rings. The Labute approximate surface area is 346 Å². The molecule has 0 spiro atoms. The van der Waals surface area contributed by atoms with E-state index >= 15 is 0 Å². The predicted octanol–water partition coefficient (Wildman–Crippen LogP) is 8.72. The Kier molecular flexibility index (Phi) is 17.6. The van der Waals surface area contributed by atoms with E-state index < -0.39 is 20.7 Å². The van der Waals surface area contributed by atoms with Crippen LogP contribution in [0.2, 0.25) is 0 Å². The summed E-state index contributed by atoms with van der Waals surface area (Å²) in [5.41, 5.74) is 2.66. The summed E-state index contributed by atoms with van der Waals surface area (Å²) < 4.78 is 40.8. The molecule has 2 aliphatic rings. The maximum atomic E-state index is 7.39. The molecule has 8 atom stereocenters. The van der Waals surface area contributed by atoms with Gasteiger partial charge in [-0.15, -0.1) is 0 Å². The second-order valence-electron chi connectivity index (χ2n) is 15.1. The van der Waals surface area contributed by atoms with Gasteiger partial charge in [0.15, 0.2) is 0 Å². The molecule has 2 N–H and O–H groups in total. The zero-order valence-electron chi connectivity index (χ0n) is 34.0. The molecule has 0 aliphatic carbocycles. The number of hydrogen-bond donors (Lipinski definition) is 2. The van der Waals surface area contributed by atoms with E-state index in [4.69, 9.17) is 52.5 Å². The van der Waals surface area contributed by atoms with Gasteiger partial charge in [-0.1, -0.05) is 91.0 Å². The summed E-state index contributed by atoms with van der Waals surface area (Å²) in [4.78, 5) is 6.97. The average Bonchev–Trinajstić information content (AvgIpc) is 3.74. The van der Waals surface area contributed by atoms with Crippen LogP contribution in [0.5, 0.6) is 0 Å². The van der Waals surface area contributed by atoms with Crippen LogP contribution in [0.1, 0.15) is 71.1 Å². The number of benzene rings is 3. The van der Waals surface area contributed by atoms with Gasteiger partial charge in [0, 0.05) is 24.2 Å². The van der Waals surface area contributed by atoms with Crippen molar-refractivity contribution < 1.29 is 27.6 Å². The van der Waals surface area contributed by atoms with E-state index in [9.17, 15) is 0 Å². The molecule has 0 amide bonds. The Morgan fingerprint density at radius 2 is 1.21 bits per heavy atom. The van der Waals surface area contributed by atoms with Crippen LogP contribution in [0.4, 0.5) is 0 Å². The Hall–Kier alpha value is -2.64. The van der Waals surface area contributed by atoms with E-state index in [1.807, 2.05) is 25.1 Å². The first-order valence-electron chi connectivity index (χ1n) is 19.9. The van der Waals surface area contributed by atoms with E-state index in [0.717, 1.165) is 23.1 Å². The van der Waals surface area contributed by atoms with Crippen molar-refractivity contribution in [1.29, 1.82) is 0 Å². The van der Waals surface area contributed by atoms with Crippen molar-refractivity contribution in [3.63, 3.8) is 0 Å². The van der Waals surface area contributed by atoms with Gasteiger partial charge >= 0.3 is 0 Å². The lowest BCUT2D eigenvalue weighted by molar-refractivity contribution is 0.0110. The summed E-state index contributed by atoms with van der Waals surface area (Å²) >= 11 is 6.23. The van der Waals surface area contributed by atoms with Gasteiger partial charge in [-0.25, -0.2) is 22.9 Å². The number of nitrogens with zero attached hydrogens (tertiary/aromatic N) is 3. The lowest BCUT2D eigenvalue weighted by Crippen LogP contribution is -2.53. The molecule has 308 valence electrons. The van der Waals surface area contributed by atoms with Crippen LogP contribution in [0.3, 0.4) is 0 Å². The molecule has 2 fully saturated rings. The lowest BCUT2D eigenvalue weighted by atomic mass is 9.76. The normalized spacial score (nSPS) is 24.1. The van der Waals surface area contributed by atoms with Crippen LogP contribution in [0.15, 0.2) is 91.0 Å². The molecular weight excluding hydrogens is 777 g/mol. The molecule has 0 aromatic heterocycles. The molecule has 5 rings (SSSR count). The molecule has 0 radical (unpaired) electrons. The molecule has 2 saturated heterocycles. The molecule has 2 unspecified atom stereocenters. The molecular formula is C43H59N5O6P2S. The van der Waals surface area contributed by atoms with Crippen LogP contribution in [0, 0.1) is 13.1 Å². The van der Waals surface area contributed by atoms with Gasteiger partial charge in [-0.3, -0.25) is 5.32 Å². The van der Waals surface area contributed by atoms with Crippen molar-refractivity contribution in [1.82, 2.24) is 15.1 Å². The number of hydrogen-bond acceptors (Lipinski definition) is 9. The fourth-order valence-electron chi connectivity index (χ4n) is 7.75. The van der Waals surface area contributed by atoms with E-state index in [1.54, 1.807) is 0 Å². The van der Waals surface area contributed by atoms with Crippen LogP contribution in [-0.2, 0) is 44.9 Å². The van der Waals surface area contributed by atoms with E-state index in [0.29, 0.717) is 13.0 Å². The van der Waals surface area contributed by atoms with Crippen molar-refractivity contribution in [2.45, 2.75) is 109 Å². The van der Waals surface area contributed by atoms with Crippen molar-refractivity contribution in [3.05, 3.63) is 131 Å². The minimum atomic E-state index is -3.18. The third-order valence-electron chi connectivity index (χ3n) is 10.1. The number of rotatable bonds is 22. The first-order valence-corrected chi connectivity index (χ1v) is 23.7. The fourth-order valence-corrected chi connectivity index (χ4v) is 11.7. The van der Waals surface area contributed by atoms with Crippen LogP contribution in [-0.4, -0.2) is 92.8 Å². The maximum Gasteiger partial charge on any atom is 0.261 e. The highest BCUT2D eigenvalue weighted by Crippen LogP contribution is 2.49. The summed E-state index contributed by atoms with van der Waals surface area (Å²) in [6.45, 7) is 25.3. The average molecular weight is 836 g/mol. The summed E-state index contributed by atoms with van der Waals surface area (Å²) in [6.07, 6.45) is 0.639. The summed E-state index contributed by atoms with van der Waals surface area (Å²) in [5.74, 6) is 0. The molecule has 0 bridgehead atoms. The first-order chi connectivity index (χ1) is 27.5. The molecule has 3 aromatic carbocycles. The topological polar surface area (TPSA) is 91.4 Å².